The van der Waals surface area contributed by atoms with Crippen molar-refractivity contribution < 1.29 is 0 Å². The third kappa shape index (κ3) is 4.03. The van der Waals surface area contributed by atoms with E-state index in [1.54, 1.807) is 40.8 Å². The molecule has 0 aliphatic heterocycles. The summed E-state index contributed by atoms with van der Waals surface area (Å²) in [5.74, 6) is 0.826. The van der Waals surface area contributed by atoms with E-state index >= 15 is 0 Å². The predicted octanol–water partition coefficient (Wildman–Crippen LogP) is 4.66. The van der Waals surface area contributed by atoms with Crippen LogP contribution >= 0.6 is 34.4 Å². The SMILES string of the molecule is CSc1nc2ncnc(NCc3csc(CCc4ccccc4)n3)c2s1. The Morgan fingerprint density at radius 2 is 1.96 bits per heavy atom. The summed E-state index contributed by atoms with van der Waals surface area (Å²) >= 11 is 4.96. The Morgan fingerprint density at radius 1 is 1.08 bits per heavy atom. The van der Waals surface area contributed by atoms with Crippen LogP contribution in [0, 0.1) is 0 Å². The number of aryl methyl sites for hydroxylation is 2. The number of rotatable bonds is 7. The first-order chi connectivity index (χ1) is 12.8. The van der Waals surface area contributed by atoms with Gasteiger partial charge in [0.25, 0.3) is 0 Å². The molecule has 0 saturated carbocycles. The summed E-state index contributed by atoms with van der Waals surface area (Å²) in [4.78, 5) is 17.8. The van der Waals surface area contributed by atoms with Crippen molar-refractivity contribution >= 4 is 50.6 Å². The molecule has 0 aliphatic rings. The standard InChI is InChI=1S/C18H17N5S3/c1-24-18-23-17-15(26-18)16(20-11-21-17)19-9-13-10-25-14(22-13)8-7-12-5-3-2-4-6-12/h2-6,10-11H,7-9H2,1H3,(H,19,20,21). The van der Waals surface area contributed by atoms with Crippen molar-refractivity contribution in [2.24, 2.45) is 0 Å². The van der Waals surface area contributed by atoms with Crippen LogP contribution in [0.2, 0.25) is 0 Å². The molecule has 1 N–H and O–H groups in total. The fraction of sp³-hybridized carbons (Fsp3) is 0.222. The highest BCUT2D eigenvalue weighted by atomic mass is 32.2. The summed E-state index contributed by atoms with van der Waals surface area (Å²) < 4.78 is 2.00. The molecule has 132 valence electrons. The molecular formula is C18H17N5S3. The number of thiazole rings is 2. The molecule has 0 saturated heterocycles. The Bertz CT molecular complexity index is 996. The van der Waals surface area contributed by atoms with Gasteiger partial charge in [0.05, 0.1) is 17.2 Å². The van der Waals surface area contributed by atoms with E-state index in [2.05, 4.69) is 49.9 Å². The van der Waals surface area contributed by atoms with Gasteiger partial charge in [-0.05, 0) is 18.2 Å². The molecule has 1 aromatic carbocycles. The first kappa shape index (κ1) is 17.4. The van der Waals surface area contributed by atoms with Crippen molar-refractivity contribution in [1.82, 2.24) is 19.9 Å². The zero-order valence-electron chi connectivity index (χ0n) is 14.2. The Labute approximate surface area is 164 Å². The molecule has 0 atom stereocenters. The Morgan fingerprint density at radius 3 is 2.81 bits per heavy atom. The lowest BCUT2D eigenvalue weighted by molar-refractivity contribution is 0.923. The molecule has 0 bridgehead atoms. The first-order valence-electron chi connectivity index (χ1n) is 8.18. The molecule has 0 unspecified atom stereocenters. The maximum atomic E-state index is 4.74. The van der Waals surface area contributed by atoms with E-state index in [1.807, 2.05) is 12.3 Å². The van der Waals surface area contributed by atoms with Crippen LogP contribution in [0.15, 0.2) is 46.4 Å². The van der Waals surface area contributed by atoms with E-state index in [-0.39, 0.29) is 0 Å². The van der Waals surface area contributed by atoms with Gasteiger partial charge in [-0.3, -0.25) is 0 Å². The number of benzene rings is 1. The van der Waals surface area contributed by atoms with E-state index in [0.717, 1.165) is 39.0 Å². The van der Waals surface area contributed by atoms with Gasteiger partial charge >= 0.3 is 0 Å². The fourth-order valence-corrected chi connectivity index (χ4v) is 4.84. The molecule has 0 fully saturated rings. The highest BCUT2D eigenvalue weighted by Gasteiger charge is 2.10. The monoisotopic (exact) mass is 399 g/mol. The number of nitrogens with one attached hydrogen (secondary N) is 1. The average molecular weight is 400 g/mol. The molecule has 5 nitrogen and oxygen atoms in total. The van der Waals surface area contributed by atoms with E-state index in [9.17, 15) is 0 Å². The average Bonchev–Trinajstić information content (AvgIpc) is 3.32. The second-order valence-corrected chi connectivity index (χ2v) is 8.63. The van der Waals surface area contributed by atoms with Gasteiger partial charge in [0.2, 0.25) is 0 Å². The lowest BCUT2D eigenvalue weighted by atomic mass is 10.1. The predicted molar refractivity (Wildman–Crippen MR) is 110 cm³/mol. The lowest BCUT2D eigenvalue weighted by Gasteiger charge is -2.03. The van der Waals surface area contributed by atoms with Crippen molar-refractivity contribution in [3.8, 4) is 0 Å². The number of thioether (sulfide) groups is 1. The number of nitrogens with zero attached hydrogens (tertiary/aromatic N) is 4. The van der Waals surface area contributed by atoms with E-state index < -0.39 is 0 Å². The number of hydrogen-bond donors (Lipinski definition) is 1. The Hall–Kier alpha value is -2.03. The quantitative estimate of drug-likeness (QED) is 0.456. The second-order valence-electron chi connectivity index (χ2n) is 5.63. The van der Waals surface area contributed by atoms with Gasteiger partial charge in [-0.15, -0.1) is 22.7 Å². The molecule has 0 spiro atoms. The summed E-state index contributed by atoms with van der Waals surface area (Å²) in [7, 11) is 0. The fourth-order valence-electron chi connectivity index (χ4n) is 2.56. The van der Waals surface area contributed by atoms with Gasteiger partial charge in [0, 0.05) is 11.8 Å². The van der Waals surface area contributed by atoms with Crippen molar-refractivity contribution in [3.63, 3.8) is 0 Å². The van der Waals surface area contributed by atoms with Crippen molar-refractivity contribution in [3.05, 3.63) is 58.3 Å². The summed E-state index contributed by atoms with van der Waals surface area (Å²) in [6.07, 6.45) is 5.57. The van der Waals surface area contributed by atoms with E-state index in [1.165, 1.54) is 10.6 Å². The van der Waals surface area contributed by atoms with Gasteiger partial charge in [0.15, 0.2) is 9.99 Å². The highest BCUT2D eigenvalue weighted by Crippen LogP contribution is 2.31. The van der Waals surface area contributed by atoms with Crippen LogP contribution in [0.3, 0.4) is 0 Å². The first-order valence-corrected chi connectivity index (χ1v) is 11.1. The molecule has 3 heterocycles. The molecule has 26 heavy (non-hydrogen) atoms. The van der Waals surface area contributed by atoms with Gasteiger partial charge < -0.3 is 5.32 Å². The zero-order chi connectivity index (χ0) is 17.8. The van der Waals surface area contributed by atoms with Crippen LogP contribution in [0.5, 0.6) is 0 Å². The third-order valence-corrected chi connectivity index (χ3v) is 6.85. The van der Waals surface area contributed by atoms with E-state index in [4.69, 9.17) is 4.98 Å². The molecule has 3 aromatic heterocycles. The highest BCUT2D eigenvalue weighted by molar-refractivity contribution is 8.00. The number of anilines is 1. The van der Waals surface area contributed by atoms with Crippen molar-refractivity contribution in [2.45, 2.75) is 23.7 Å². The van der Waals surface area contributed by atoms with Crippen LogP contribution in [-0.2, 0) is 19.4 Å². The molecule has 8 heteroatoms. The van der Waals surface area contributed by atoms with Gasteiger partial charge in [-0.2, -0.15) is 0 Å². The second kappa shape index (κ2) is 8.11. The molecule has 0 radical (unpaired) electrons. The van der Waals surface area contributed by atoms with Gasteiger partial charge in [0.1, 0.15) is 16.8 Å². The zero-order valence-corrected chi connectivity index (χ0v) is 16.6. The molecule has 4 rings (SSSR count). The van der Waals surface area contributed by atoms with Gasteiger partial charge in [-0.25, -0.2) is 19.9 Å². The maximum Gasteiger partial charge on any atom is 0.176 e. The van der Waals surface area contributed by atoms with Crippen molar-refractivity contribution in [1.29, 1.82) is 0 Å². The molecule has 0 amide bonds. The Balaban J connectivity index is 1.39. The largest absolute Gasteiger partial charge is 0.363 e. The maximum absolute atomic E-state index is 4.74. The number of aromatic nitrogens is 4. The van der Waals surface area contributed by atoms with Gasteiger partial charge in [-0.1, -0.05) is 42.1 Å². The number of fused-ring (bicyclic) bond motifs is 1. The van der Waals surface area contributed by atoms with E-state index in [0.29, 0.717) is 6.54 Å². The molecule has 0 aliphatic carbocycles. The molecular weight excluding hydrogens is 382 g/mol. The minimum Gasteiger partial charge on any atom is -0.363 e. The normalized spacial score (nSPS) is 11.1. The topological polar surface area (TPSA) is 63.6 Å². The van der Waals surface area contributed by atoms with Crippen LogP contribution < -0.4 is 5.32 Å². The van der Waals surface area contributed by atoms with Crippen molar-refractivity contribution in [2.75, 3.05) is 11.6 Å². The molecule has 4 aromatic rings. The summed E-state index contributed by atoms with van der Waals surface area (Å²) in [5, 5.41) is 6.67. The lowest BCUT2D eigenvalue weighted by Crippen LogP contribution is -2.02. The summed E-state index contributed by atoms with van der Waals surface area (Å²) in [5.41, 5.74) is 3.14. The smallest absolute Gasteiger partial charge is 0.176 e. The van der Waals surface area contributed by atoms with Crippen LogP contribution in [-0.4, -0.2) is 26.2 Å². The third-order valence-electron chi connectivity index (χ3n) is 3.85. The number of hydrogen-bond acceptors (Lipinski definition) is 8. The summed E-state index contributed by atoms with van der Waals surface area (Å²) in [6.45, 7) is 0.653. The van der Waals surface area contributed by atoms with Crippen LogP contribution in [0.4, 0.5) is 5.82 Å². The van der Waals surface area contributed by atoms with Crippen LogP contribution in [0.1, 0.15) is 16.3 Å². The minimum absolute atomic E-state index is 0.653. The summed E-state index contributed by atoms with van der Waals surface area (Å²) in [6, 6.07) is 10.5. The van der Waals surface area contributed by atoms with Crippen LogP contribution in [0.25, 0.3) is 10.3 Å². The Kier molecular flexibility index (Phi) is 5.42. The minimum atomic E-state index is 0.653.